The number of nitrogens with one attached hydrogen (secondary N) is 1. The van der Waals surface area contributed by atoms with Crippen LogP contribution in [-0.4, -0.2) is 36.6 Å². The van der Waals surface area contributed by atoms with Crippen molar-refractivity contribution in [2.45, 2.75) is 57.5 Å². The summed E-state index contributed by atoms with van der Waals surface area (Å²) in [5.74, 6) is 0. The Hall–Kier alpha value is -0.0800. The fourth-order valence-corrected chi connectivity index (χ4v) is 4.06. The van der Waals surface area contributed by atoms with Gasteiger partial charge in [0.1, 0.15) is 0 Å². The van der Waals surface area contributed by atoms with Crippen molar-refractivity contribution in [3.63, 3.8) is 0 Å². The van der Waals surface area contributed by atoms with Crippen molar-refractivity contribution in [1.82, 2.24) is 10.2 Å². The molecule has 0 radical (unpaired) electrons. The van der Waals surface area contributed by atoms with E-state index in [0.29, 0.717) is 5.41 Å². The van der Waals surface area contributed by atoms with Gasteiger partial charge in [0.2, 0.25) is 0 Å². The van der Waals surface area contributed by atoms with Crippen molar-refractivity contribution in [2.24, 2.45) is 5.41 Å². The molecule has 15 heavy (non-hydrogen) atoms. The van der Waals surface area contributed by atoms with Gasteiger partial charge in [-0.2, -0.15) is 0 Å². The number of likely N-dealkylation sites (tertiary alicyclic amines) is 1. The van der Waals surface area contributed by atoms with E-state index in [1.54, 1.807) is 0 Å². The van der Waals surface area contributed by atoms with Crippen molar-refractivity contribution >= 4 is 0 Å². The number of nitrogens with zero attached hydrogens (tertiary/aromatic N) is 1. The summed E-state index contributed by atoms with van der Waals surface area (Å²) in [4.78, 5) is 2.86. The molecule has 1 N–H and O–H groups in total. The average molecular weight is 208 g/mol. The zero-order chi connectivity index (χ0) is 10.3. The quantitative estimate of drug-likeness (QED) is 0.747. The van der Waals surface area contributed by atoms with Crippen molar-refractivity contribution in [3.05, 3.63) is 0 Å². The van der Waals surface area contributed by atoms with E-state index in [0.717, 1.165) is 12.1 Å². The summed E-state index contributed by atoms with van der Waals surface area (Å²) >= 11 is 0. The van der Waals surface area contributed by atoms with E-state index in [1.807, 2.05) is 0 Å². The van der Waals surface area contributed by atoms with Crippen LogP contribution < -0.4 is 5.32 Å². The predicted octanol–water partition coefficient (Wildman–Crippen LogP) is 2.00. The molecular weight excluding hydrogens is 184 g/mol. The molecule has 86 valence electrons. The van der Waals surface area contributed by atoms with Gasteiger partial charge in [-0.1, -0.05) is 6.92 Å². The Morgan fingerprint density at radius 2 is 2.20 bits per heavy atom. The SMILES string of the molecule is CCC1N(C2CC2)CCCC12CCNC2. The van der Waals surface area contributed by atoms with E-state index in [1.165, 1.54) is 58.2 Å². The number of hydrogen-bond acceptors (Lipinski definition) is 2. The highest BCUT2D eigenvalue weighted by Crippen LogP contribution is 2.45. The molecule has 2 unspecified atom stereocenters. The van der Waals surface area contributed by atoms with Crippen LogP contribution in [0.15, 0.2) is 0 Å². The van der Waals surface area contributed by atoms with E-state index in [9.17, 15) is 0 Å². The maximum absolute atomic E-state index is 3.60. The van der Waals surface area contributed by atoms with Crippen molar-refractivity contribution < 1.29 is 0 Å². The zero-order valence-electron chi connectivity index (χ0n) is 9.97. The lowest BCUT2D eigenvalue weighted by Crippen LogP contribution is -2.53. The van der Waals surface area contributed by atoms with Crippen LogP contribution in [0.1, 0.15) is 45.4 Å². The van der Waals surface area contributed by atoms with Crippen LogP contribution in [0.3, 0.4) is 0 Å². The van der Waals surface area contributed by atoms with Crippen LogP contribution in [0, 0.1) is 5.41 Å². The van der Waals surface area contributed by atoms with Gasteiger partial charge < -0.3 is 5.32 Å². The fourth-order valence-electron chi connectivity index (χ4n) is 4.06. The number of rotatable bonds is 2. The van der Waals surface area contributed by atoms with Crippen LogP contribution >= 0.6 is 0 Å². The summed E-state index contributed by atoms with van der Waals surface area (Å²) in [6, 6.07) is 1.85. The Kier molecular flexibility index (Phi) is 2.52. The molecule has 3 rings (SSSR count). The summed E-state index contributed by atoms with van der Waals surface area (Å²) < 4.78 is 0. The van der Waals surface area contributed by atoms with Crippen molar-refractivity contribution in [3.8, 4) is 0 Å². The van der Waals surface area contributed by atoms with E-state index >= 15 is 0 Å². The topological polar surface area (TPSA) is 15.3 Å². The first-order chi connectivity index (χ1) is 7.36. The Morgan fingerprint density at radius 3 is 2.80 bits per heavy atom. The highest BCUT2D eigenvalue weighted by atomic mass is 15.2. The van der Waals surface area contributed by atoms with E-state index < -0.39 is 0 Å². The molecule has 2 atom stereocenters. The Labute approximate surface area is 93.4 Å². The normalized spacial score (nSPS) is 42.6. The van der Waals surface area contributed by atoms with E-state index in [-0.39, 0.29) is 0 Å². The molecule has 0 bridgehead atoms. The monoisotopic (exact) mass is 208 g/mol. The first kappa shape index (κ1) is 10.1. The molecule has 2 heterocycles. The van der Waals surface area contributed by atoms with Gasteiger partial charge in [0, 0.05) is 18.6 Å². The van der Waals surface area contributed by atoms with Gasteiger partial charge in [-0.3, -0.25) is 4.90 Å². The molecule has 3 aliphatic rings. The number of piperidine rings is 1. The lowest BCUT2D eigenvalue weighted by molar-refractivity contribution is 0.0174. The third-order valence-corrected chi connectivity index (χ3v) is 4.88. The highest BCUT2D eigenvalue weighted by Gasteiger charge is 2.48. The first-order valence-corrected chi connectivity index (χ1v) is 6.82. The molecule has 2 nitrogen and oxygen atoms in total. The summed E-state index contributed by atoms with van der Waals surface area (Å²) in [5, 5.41) is 3.60. The zero-order valence-corrected chi connectivity index (χ0v) is 9.97. The minimum Gasteiger partial charge on any atom is -0.316 e. The molecule has 2 aliphatic heterocycles. The summed E-state index contributed by atoms with van der Waals surface area (Å²) in [6.07, 6.45) is 8.64. The smallest absolute Gasteiger partial charge is 0.0165 e. The fraction of sp³-hybridized carbons (Fsp3) is 1.00. The maximum atomic E-state index is 3.60. The molecule has 1 spiro atoms. The molecule has 0 aromatic rings. The molecule has 2 saturated heterocycles. The van der Waals surface area contributed by atoms with E-state index in [4.69, 9.17) is 0 Å². The van der Waals surface area contributed by atoms with Gasteiger partial charge in [-0.05, 0) is 57.0 Å². The highest BCUT2D eigenvalue weighted by molar-refractivity contribution is 5.03. The van der Waals surface area contributed by atoms with Crippen molar-refractivity contribution in [1.29, 1.82) is 0 Å². The molecule has 0 amide bonds. The Bertz CT molecular complexity index is 229. The summed E-state index contributed by atoms with van der Waals surface area (Å²) in [7, 11) is 0. The van der Waals surface area contributed by atoms with E-state index in [2.05, 4.69) is 17.1 Å². The molecule has 3 fully saturated rings. The van der Waals surface area contributed by atoms with Crippen molar-refractivity contribution in [2.75, 3.05) is 19.6 Å². The van der Waals surface area contributed by atoms with Crippen LogP contribution in [0.2, 0.25) is 0 Å². The van der Waals surface area contributed by atoms with Gasteiger partial charge in [0.15, 0.2) is 0 Å². The third kappa shape index (κ3) is 1.62. The molecule has 1 aliphatic carbocycles. The van der Waals surface area contributed by atoms with Crippen LogP contribution in [0.25, 0.3) is 0 Å². The second kappa shape index (κ2) is 3.74. The van der Waals surface area contributed by atoms with Gasteiger partial charge in [0.05, 0.1) is 0 Å². The average Bonchev–Trinajstić information content (AvgIpc) is 3.01. The molecule has 0 aromatic carbocycles. The second-order valence-corrected chi connectivity index (χ2v) is 5.79. The summed E-state index contributed by atoms with van der Waals surface area (Å²) in [6.45, 7) is 6.32. The number of hydrogen-bond donors (Lipinski definition) is 1. The predicted molar refractivity (Wildman–Crippen MR) is 63.0 cm³/mol. The van der Waals surface area contributed by atoms with Crippen LogP contribution in [-0.2, 0) is 0 Å². The first-order valence-electron chi connectivity index (χ1n) is 6.82. The molecule has 0 aromatic heterocycles. The lowest BCUT2D eigenvalue weighted by atomic mass is 9.71. The molecular formula is C13H24N2. The van der Waals surface area contributed by atoms with Gasteiger partial charge in [0.25, 0.3) is 0 Å². The molecule has 2 heteroatoms. The van der Waals surface area contributed by atoms with Crippen LogP contribution in [0.4, 0.5) is 0 Å². The standard InChI is InChI=1S/C13H24N2/c1-2-12-13(7-8-14-10-13)6-3-9-15(12)11-4-5-11/h11-12,14H,2-10H2,1H3. The van der Waals surface area contributed by atoms with Gasteiger partial charge in [-0.25, -0.2) is 0 Å². The van der Waals surface area contributed by atoms with Gasteiger partial charge in [-0.15, -0.1) is 0 Å². The minimum atomic E-state index is 0.648. The Balaban J connectivity index is 1.80. The third-order valence-electron chi connectivity index (χ3n) is 4.88. The van der Waals surface area contributed by atoms with Gasteiger partial charge >= 0.3 is 0 Å². The largest absolute Gasteiger partial charge is 0.316 e. The second-order valence-electron chi connectivity index (χ2n) is 5.79. The lowest BCUT2D eigenvalue weighted by Gasteiger charge is -2.48. The molecule has 1 saturated carbocycles. The maximum Gasteiger partial charge on any atom is 0.0165 e. The minimum absolute atomic E-state index is 0.648. The Morgan fingerprint density at radius 1 is 1.33 bits per heavy atom. The van der Waals surface area contributed by atoms with Crippen LogP contribution in [0.5, 0.6) is 0 Å². The summed E-state index contributed by atoms with van der Waals surface area (Å²) in [5.41, 5.74) is 0.648.